The van der Waals surface area contributed by atoms with E-state index in [1.54, 1.807) is 0 Å². The van der Waals surface area contributed by atoms with Crippen LogP contribution in [-0.2, 0) is 4.79 Å². The first-order chi connectivity index (χ1) is 4.80. The largest absolute Gasteiger partial charge is 0.281 e. The van der Waals surface area contributed by atoms with E-state index in [0.29, 0.717) is 11.8 Å². The van der Waals surface area contributed by atoms with Crippen LogP contribution in [0.1, 0.15) is 12.8 Å². The summed E-state index contributed by atoms with van der Waals surface area (Å²) in [7, 11) is 0. The summed E-state index contributed by atoms with van der Waals surface area (Å²) in [5.41, 5.74) is 0. The highest BCUT2D eigenvalue weighted by Gasteiger charge is 2.53. The van der Waals surface area contributed by atoms with Crippen molar-refractivity contribution in [2.45, 2.75) is 12.8 Å². The Hall–Kier alpha value is -0.300. The van der Waals surface area contributed by atoms with Crippen LogP contribution in [0.3, 0.4) is 0 Å². The summed E-state index contributed by atoms with van der Waals surface area (Å²) in [5.74, 6) is 1.38. The Bertz CT molecular complexity index is 183. The number of allylic oxidation sites excluding steroid dienone is 2. The van der Waals surface area contributed by atoms with Crippen LogP contribution in [0.2, 0.25) is 0 Å². The summed E-state index contributed by atoms with van der Waals surface area (Å²) >= 11 is 5.38. The number of carbonyl (C=O) groups excluding carboxylic acids is 1. The zero-order valence-electron chi connectivity index (χ0n) is 5.59. The Morgan fingerprint density at radius 1 is 1.30 bits per heavy atom. The van der Waals surface area contributed by atoms with Gasteiger partial charge in [0.25, 0.3) is 0 Å². The van der Waals surface area contributed by atoms with Gasteiger partial charge in [-0.1, -0.05) is 12.2 Å². The standard InChI is InChI=1S/C8H9ClO/c9-8(10)7-5-3-1-2-4-6(5)7/h1-2,5-7H,3-4H2/t5-,6+,7?. The molecule has 2 rings (SSSR count). The van der Waals surface area contributed by atoms with E-state index in [2.05, 4.69) is 12.2 Å². The van der Waals surface area contributed by atoms with Gasteiger partial charge in [0.05, 0.1) is 0 Å². The van der Waals surface area contributed by atoms with Crippen LogP contribution in [0.15, 0.2) is 12.2 Å². The average Bonchev–Trinajstić information content (AvgIpc) is 2.60. The molecule has 2 aliphatic rings. The quantitative estimate of drug-likeness (QED) is 0.419. The maximum Gasteiger partial charge on any atom is 0.225 e. The van der Waals surface area contributed by atoms with Gasteiger partial charge in [-0.3, -0.25) is 4.79 Å². The van der Waals surface area contributed by atoms with E-state index in [1.165, 1.54) is 0 Å². The van der Waals surface area contributed by atoms with Gasteiger partial charge in [0, 0.05) is 5.92 Å². The highest BCUT2D eigenvalue weighted by molar-refractivity contribution is 6.64. The number of fused-ring (bicyclic) bond motifs is 1. The van der Waals surface area contributed by atoms with E-state index < -0.39 is 0 Å². The van der Waals surface area contributed by atoms with Crippen molar-refractivity contribution in [3.8, 4) is 0 Å². The summed E-state index contributed by atoms with van der Waals surface area (Å²) in [6, 6.07) is 0. The molecule has 0 bridgehead atoms. The molecular weight excluding hydrogens is 148 g/mol. The Labute approximate surface area is 65.1 Å². The minimum absolute atomic E-state index is 0.126. The molecule has 0 radical (unpaired) electrons. The van der Waals surface area contributed by atoms with Crippen molar-refractivity contribution in [2.75, 3.05) is 0 Å². The van der Waals surface area contributed by atoms with Gasteiger partial charge in [-0.05, 0) is 36.3 Å². The molecular formula is C8H9ClO. The van der Waals surface area contributed by atoms with E-state index in [4.69, 9.17) is 11.6 Å². The number of hydrogen-bond donors (Lipinski definition) is 0. The molecule has 0 saturated heterocycles. The monoisotopic (exact) mass is 156 g/mol. The molecule has 3 atom stereocenters. The first-order valence-corrected chi connectivity index (χ1v) is 4.03. The van der Waals surface area contributed by atoms with Crippen molar-refractivity contribution >= 4 is 16.8 Å². The van der Waals surface area contributed by atoms with Crippen LogP contribution in [0.25, 0.3) is 0 Å². The van der Waals surface area contributed by atoms with Crippen LogP contribution in [-0.4, -0.2) is 5.24 Å². The maximum atomic E-state index is 10.7. The first kappa shape index (κ1) is 6.41. The lowest BCUT2D eigenvalue weighted by molar-refractivity contribution is -0.113. The van der Waals surface area contributed by atoms with E-state index in [-0.39, 0.29) is 11.2 Å². The third-order valence-electron chi connectivity index (χ3n) is 2.58. The third-order valence-corrected chi connectivity index (χ3v) is 2.83. The SMILES string of the molecule is O=C(Cl)C1[C@H]2CC=CC[C@@H]12. The zero-order valence-corrected chi connectivity index (χ0v) is 6.34. The fourth-order valence-corrected chi connectivity index (χ4v) is 2.25. The van der Waals surface area contributed by atoms with Gasteiger partial charge >= 0.3 is 0 Å². The van der Waals surface area contributed by atoms with Crippen LogP contribution >= 0.6 is 11.6 Å². The molecule has 0 spiro atoms. The van der Waals surface area contributed by atoms with E-state index in [1.807, 2.05) is 0 Å². The lowest BCUT2D eigenvalue weighted by atomic mass is 10.1. The maximum absolute atomic E-state index is 10.7. The molecule has 0 N–H and O–H groups in total. The normalized spacial score (nSPS) is 42.7. The molecule has 1 nitrogen and oxygen atoms in total. The fraction of sp³-hybridized carbons (Fsp3) is 0.625. The molecule has 0 aromatic heterocycles. The van der Waals surface area contributed by atoms with Gasteiger partial charge in [0.15, 0.2) is 0 Å². The van der Waals surface area contributed by atoms with Crippen LogP contribution in [0.5, 0.6) is 0 Å². The van der Waals surface area contributed by atoms with Crippen molar-refractivity contribution in [2.24, 2.45) is 17.8 Å². The Morgan fingerprint density at radius 2 is 1.80 bits per heavy atom. The van der Waals surface area contributed by atoms with Crippen LogP contribution in [0, 0.1) is 17.8 Å². The lowest BCUT2D eigenvalue weighted by Crippen LogP contribution is -1.91. The summed E-state index contributed by atoms with van der Waals surface area (Å²) in [5, 5.41) is -0.126. The highest BCUT2D eigenvalue weighted by Crippen LogP contribution is 2.54. The average molecular weight is 157 g/mol. The van der Waals surface area contributed by atoms with Crippen molar-refractivity contribution in [1.82, 2.24) is 0 Å². The molecule has 54 valence electrons. The van der Waals surface area contributed by atoms with Crippen molar-refractivity contribution < 1.29 is 4.79 Å². The molecule has 1 unspecified atom stereocenters. The summed E-state index contributed by atoms with van der Waals surface area (Å²) in [4.78, 5) is 10.7. The van der Waals surface area contributed by atoms with Crippen molar-refractivity contribution in [1.29, 1.82) is 0 Å². The number of carbonyl (C=O) groups is 1. The van der Waals surface area contributed by atoms with Gasteiger partial charge in [-0.2, -0.15) is 0 Å². The van der Waals surface area contributed by atoms with E-state index >= 15 is 0 Å². The summed E-state index contributed by atoms with van der Waals surface area (Å²) < 4.78 is 0. The zero-order chi connectivity index (χ0) is 7.14. The molecule has 0 heterocycles. The molecule has 2 heteroatoms. The Kier molecular flexibility index (Phi) is 1.34. The van der Waals surface area contributed by atoms with Gasteiger partial charge in [-0.15, -0.1) is 0 Å². The minimum Gasteiger partial charge on any atom is -0.281 e. The van der Waals surface area contributed by atoms with E-state index in [9.17, 15) is 4.79 Å². The van der Waals surface area contributed by atoms with Gasteiger partial charge < -0.3 is 0 Å². The molecule has 0 amide bonds. The predicted octanol–water partition coefficient (Wildman–Crippen LogP) is 1.96. The van der Waals surface area contributed by atoms with Gasteiger partial charge in [-0.25, -0.2) is 0 Å². The smallest absolute Gasteiger partial charge is 0.225 e. The molecule has 0 aromatic rings. The molecule has 1 fully saturated rings. The van der Waals surface area contributed by atoms with Crippen molar-refractivity contribution in [3.63, 3.8) is 0 Å². The minimum atomic E-state index is -0.126. The van der Waals surface area contributed by atoms with Gasteiger partial charge in [0.2, 0.25) is 5.24 Å². The second-order valence-corrected chi connectivity index (χ2v) is 3.47. The molecule has 1 saturated carbocycles. The predicted molar refractivity (Wildman–Crippen MR) is 39.7 cm³/mol. The number of halogens is 1. The molecule has 0 aromatic carbocycles. The van der Waals surface area contributed by atoms with E-state index in [0.717, 1.165) is 12.8 Å². The summed E-state index contributed by atoms with van der Waals surface area (Å²) in [6.07, 6.45) is 6.43. The number of rotatable bonds is 1. The molecule has 0 aliphatic heterocycles. The van der Waals surface area contributed by atoms with Gasteiger partial charge in [0.1, 0.15) is 0 Å². The highest BCUT2D eigenvalue weighted by atomic mass is 35.5. The second kappa shape index (κ2) is 2.09. The van der Waals surface area contributed by atoms with Crippen LogP contribution in [0.4, 0.5) is 0 Å². The summed E-state index contributed by atoms with van der Waals surface area (Å²) in [6.45, 7) is 0. The molecule has 2 aliphatic carbocycles. The first-order valence-electron chi connectivity index (χ1n) is 3.65. The lowest BCUT2D eigenvalue weighted by Gasteiger charge is -1.96. The molecule has 10 heavy (non-hydrogen) atoms. The van der Waals surface area contributed by atoms with Crippen LogP contribution < -0.4 is 0 Å². The number of hydrogen-bond acceptors (Lipinski definition) is 1. The Morgan fingerprint density at radius 3 is 2.20 bits per heavy atom. The van der Waals surface area contributed by atoms with Crippen molar-refractivity contribution in [3.05, 3.63) is 12.2 Å². The third kappa shape index (κ3) is 0.807. The fourth-order valence-electron chi connectivity index (χ4n) is 1.93. The topological polar surface area (TPSA) is 17.1 Å². The second-order valence-electron chi connectivity index (χ2n) is 3.10. The Balaban J connectivity index is 2.04.